The van der Waals surface area contributed by atoms with Crippen LogP contribution in [-0.2, 0) is 20.2 Å². The van der Waals surface area contributed by atoms with Crippen LogP contribution in [0, 0.1) is 0 Å². The summed E-state index contributed by atoms with van der Waals surface area (Å²) in [5, 5.41) is 121. The fourth-order valence-electron chi connectivity index (χ4n) is 9.02. The van der Waals surface area contributed by atoms with Crippen LogP contribution in [0.5, 0.6) is 11.5 Å². The van der Waals surface area contributed by atoms with Gasteiger partial charge in [-0.25, -0.2) is 24.0 Å². The van der Waals surface area contributed by atoms with Crippen LogP contribution in [0.1, 0.15) is 51.8 Å². The van der Waals surface area contributed by atoms with E-state index < -0.39 is 218 Å². The first-order chi connectivity index (χ1) is 46.4. The Morgan fingerprint density at radius 1 is 0.384 bits per heavy atom. The first-order valence-electron chi connectivity index (χ1n) is 26.8. The van der Waals surface area contributed by atoms with Crippen molar-refractivity contribution in [3.63, 3.8) is 0 Å². The van der Waals surface area contributed by atoms with Gasteiger partial charge in [-0.05, 0) is 102 Å². The van der Waals surface area contributed by atoms with E-state index in [1.165, 1.54) is 6.07 Å². The first-order valence-corrected chi connectivity index (χ1v) is 32.7. The van der Waals surface area contributed by atoms with Crippen LogP contribution in [-0.4, -0.2) is 185 Å². The highest BCUT2D eigenvalue weighted by atomic mass is 32.3. The number of carbonyl (C=O) groups is 5. The maximum atomic E-state index is 13.0. The number of hydrogen-bond acceptors (Lipinski definition) is 35. The molecule has 23 N–H and O–H groups in total. The van der Waals surface area contributed by atoms with Gasteiger partial charge in [-0.1, -0.05) is 0 Å². The van der Waals surface area contributed by atoms with Crippen LogP contribution in [0.2, 0.25) is 0 Å². The SMILES string of the molecule is O=C(O)c1cc(Nc2nc(NCCO)nc(Nc3cc(S(=O)(=O)O)cc4cc(S(O)(O)O)c(N=Nc5ccc(C(=O)O)c(C(=O)O)c5)c(O)c34)n2)ccc1Nc1nc(NCCO)nc(Nc2cc(S(=O)(=O)O)cc3cc(S(O)(O)O)c(N=Nc4ccc(C(=O)O)c(C(=O)O)c4)c(O)c23)n1. The maximum absolute atomic E-state index is 13.0. The minimum absolute atomic E-state index is 0.127. The van der Waals surface area contributed by atoms with E-state index in [4.69, 9.17) is 0 Å². The fraction of sp³-hybridized carbons (Fsp3) is 0.0755. The quantitative estimate of drug-likeness (QED) is 0.0169. The normalized spacial score (nSPS) is 12.4. The number of nitrogens with zero attached hydrogens (tertiary/aromatic N) is 10. The van der Waals surface area contributed by atoms with E-state index in [1.54, 1.807) is 0 Å². The van der Waals surface area contributed by atoms with Gasteiger partial charge in [0.2, 0.25) is 35.7 Å². The Hall–Kier alpha value is -11.8. The number of carboxylic acid groups (broad SMARTS) is 5. The van der Waals surface area contributed by atoms with Crippen molar-refractivity contribution in [1.82, 2.24) is 29.9 Å². The molecule has 99 heavy (non-hydrogen) atoms. The zero-order valence-electron chi connectivity index (χ0n) is 48.9. The van der Waals surface area contributed by atoms with Gasteiger partial charge in [0.05, 0.1) is 89.0 Å². The largest absolute Gasteiger partial charge is 0.505 e. The molecular formula is C53H46N16O26S4. The van der Waals surface area contributed by atoms with E-state index >= 15 is 0 Å². The first kappa shape index (κ1) is 71.5. The number of aliphatic hydroxyl groups excluding tert-OH is 2. The number of rotatable bonds is 27. The van der Waals surface area contributed by atoms with Crippen molar-refractivity contribution in [2.45, 2.75) is 19.6 Å². The summed E-state index contributed by atoms with van der Waals surface area (Å²) in [4.78, 5) is 81.5. The number of benzene rings is 7. The van der Waals surface area contributed by atoms with Crippen molar-refractivity contribution in [3.05, 3.63) is 119 Å². The molecule has 9 aromatic rings. The zero-order chi connectivity index (χ0) is 72.4. The third kappa shape index (κ3) is 16.4. The number of fused-ring (bicyclic) bond motifs is 2. The highest BCUT2D eigenvalue weighted by Crippen LogP contribution is 2.57. The van der Waals surface area contributed by atoms with Gasteiger partial charge in [0.25, 0.3) is 20.2 Å². The number of azo groups is 2. The van der Waals surface area contributed by atoms with Gasteiger partial charge in [0.1, 0.15) is 33.1 Å². The molecule has 0 atom stereocenters. The number of anilines is 10. The van der Waals surface area contributed by atoms with Crippen molar-refractivity contribution in [2.24, 2.45) is 20.5 Å². The summed E-state index contributed by atoms with van der Waals surface area (Å²) in [5.74, 6) is -13.5. The number of aromatic nitrogens is 6. The van der Waals surface area contributed by atoms with Gasteiger partial charge in [-0.3, -0.25) is 9.11 Å². The van der Waals surface area contributed by atoms with Crippen molar-refractivity contribution in [3.8, 4) is 11.5 Å². The number of phenols is 2. The van der Waals surface area contributed by atoms with E-state index in [0.717, 1.165) is 66.7 Å². The fourth-order valence-corrected chi connectivity index (χ4v) is 11.5. The molecule has 0 saturated heterocycles. The smallest absolute Gasteiger partial charge is 0.337 e. The molecule has 9 rings (SSSR count). The summed E-state index contributed by atoms with van der Waals surface area (Å²) < 4.78 is 134. The average Bonchev–Trinajstić information content (AvgIpc) is 0.752. The summed E-state index contributed by atoms with van der Waals surface area (Å²) in [7, 11) is -20.3. The van der Waals surface area contributed by atoms with E-state index in [-0.39, 0.29) is 41.8 Å². The van der Waals surface area contributed by atoms with Crippen LogP contribution in [0.3, 0.4) is 0 Å². The molecule has 0 aliphatic rings. The molecule has 0 bridgehead atoms. The zero-order valence-corrected chi connectivity index (χ0v) is 52.1. The van der Waals surface area contributed by atoms with Gasteiger partial charge in [0, 0.05) is 29.5 Å². The number of nitrogens with one attached hydrogen (secondary N) is 6. The minimum Gasteiger partial charge on any atom is -0.505 e. The van der Waals surface area contributed by atoms with Crippen molar-refractivity contribution < 1.29 is 123 Å². The second kappa shape index (κ2) is 28.1. The van der Waals surface area contributed by atoms with Gasteiger partial charge in [-0.2, -0.15) is 57.0 Å². The molecule has 2 aromatic heterocycles. The van der Waals surface area contributed by atoms with Crippen molar-refractivity contribution >= 4 is 175 Å². The number of hydrogen-bond donors (Lipinski definition) is 23. The Balaban J connectivity index is 1.09. The monoisotopic (exact) mass is 1450 g/mol. The van der Waals surface area contributed by atoms with Crippen molar-refractivity contribution in [1.29, 1.82) is 0 Å². The number of aliphatic hydroxyl groups is 2. The van der Waals surface area contributed by atoms with Gasteiger partial charge >= 0.3 is 29.8 Å². The number of aromatic hydroxyl groups is 2. The Labute approximate surface area is 553 Å². The summed E-state index contributed by atoms with van der Waals surface area (Å²) in [6, 6.07) is 12.9. The summed E-state index contributed by atoms with van der Waals surface area (Å²) in [6.45, 7) is -1.55. The molecule has 46 heteroatoms. The molecule has 0 aliphatic heterocycles. The molecule has 0 aliphatic carbocycles. The predicted octanol–water partition coefficient (Wildman–Crippen LogP) is 8.54. The molecule has 0 fully saturated rings. The molecular weight excluding hydrogens is 1400 g/mol. The second-order valence-electron chi connectivity index (χ2n) is 19.8. The van der Waals surface area contributed by atoms with E-state index in [0.29, 0.717) is 18.2 Å². The average molecular weight is 1450 g/mol. The molecule has 0 saturated carbocycles. The second-order valence-corrected chi connectivity index (χ2v) is 25.6. The Kier molecular flexibility index (Phi) is 20.3. The van der Waals surface area contributed by atoms with E-state index in [1.807, 2.05) is 0 Å². The highest BCUT2D eigenvalue weighted by Gasteiger charge is 2.31. The molecule has 7 aromatic carbocycles. The van der Waals surface area contributed by atoms with Gasteiger partial charge < -0.3 is 105 Å². The Morgan fingerprint density at radius 2 is 0.737 bits per heavy atom. The molecule has 0 unspecified atom stereocenters. The topological polar surface area (TPSA) is 697 Å². The number of carboxylic acids is 5. The molecule has 2 heterocycles. The summed E-state index contributed by atoms with van der Waals surface area (Å²) in [5.41, 5.74) is -7.63. The Bertz CT molecular complexity index is 5160. The lowest BCUT2D eigenvalue weighted by atomic mass is 10.1. The molecule has 518 valence electrons. The standard InChI is InChI=1S/C53H46N16O26S4/c70-9-7-54-48-60-50(64-52(62-48)58-33-18-25(96(84,85)86)11-20-13-35(98(90,91)92)39(41(72)37(20)33)68-66-23-1-4-27(43(74)75)29(16-23)45(78)79)56-22-3-6-32(31(15-22)47(82)83)57-51-61-49(55-8-10-71)63-53(65-51)59-34-19-26(97(87,88)89)12-21-14-36(99(93,94)95)40(42(73)38(21)34)69-67-24-2-5-28(44(76)77)30(17-24)46(80)81/h1-6,11-19,70-73,90-95H,7-10H2,(H,74,75)(H,76,77)(H,78,79)(H,80,81)(H,82,83)(H,84,85,86)(H,87,88,89)(H3,54,56,58,60,62,64)(H3,55,57,59,61,63,65). The number of aromatic carboxylic acids is 5. The maximum Gasteiger partial charge on any atom is 0.337 e. The van der Waals surface area contributed by atoms with Gasteiger partial charge in [0.15, 0.2) is 11.5 Å². The van der Waals surface area contributed by atoms with Crippen molar-refractivity contribution in [2.75, 3.05) is 58.2 Å². The van der Waals surface area contributed by atoms with Crippen LogP contribution < -0.4 is 31.9 Å². The van der Waals surface area contributed by atoms with Gasteiger partial charge in [-0.15, -0.1) is 10.2 Å². The lowest BCUT2D eigenvalue weighted by molar-refractivity contribution is 0.0651. The summed E-state index contributed by atoms with van der Waals surface area (Å²) in [6.07, 6.45) is 0. The van der Waals surface area contributed by atoms with E-state index in [9.17, 15) is 123 Å². The molecule has 0 amide bonds. The van der Waals surface area contributed by atoms with Crippen LogP contribution in [0.4, 0.5) is 81.2 Å². The molecule has 0 radical (unpaired) electrons. The third-order valence-electron chi connectivity index (χ3n) is 13.2. The molecule has 42 nitrogen and oxygen atoms in total. The van der Waals surface area contributed by atoms with E-state index in [2.05, 4.69) is 82.3 Å². The number of phenolic OH excluding ortho intramolecular Hbond substituents is 2. The third-order valence-corrected chi connectivity index (χ3v) is 16.7. The summed E-state index contributed by atoms with van der Waals surface area (Å²) >= 11 is 0. The lowest BCUT2D eigenvalue weighted by Gasteiger charge is -2.23. The van der Waals surface area contributed by atoms with Crippen LogP contribution >= 0.6 is 21.7 Å². The van der Waals surface area contributed by atoms with Crippen LogP contribution in [0.15, 0.2) is 131 Å². The Morgan fingerprint density at radius 3 is 1.08 bits per heavy atom. The highest BCUT2D eigenvalue weighted by molar-refractivity contribution is 8.19. The lowest BCUT2D eigenvalue weighted by Crippen LogP contribution is -2.13. The van der Waals surface area contributed by atoms with Crippen LogP contribution in [0.25, 0.3) is 21.5 Å². The minimum atomic E-state index is -5.22. The predicted molar refractivity (Wildman–Crippen MR) is 345 cm³/mol. The molecule has 0 spiro atoms.